The number of hydrogen-bond donors (Lipinski definition) is 2. The van der Waals surface area contributed by atoms with Crippen LogP contribution in [-0.2, 0) is 0 Å². The predicted octanol–water partition coefficient (Wildman–Crippen LogP) is 1.43. The summed E-state index contributed by atoms with van der Waals surface area (Å²) in [6, 6.07) is 0. The second kappa shape index (κ2) is 3.00. The molecule has 0 aliphatic heterocycles. The van der Waals surface area contributed by atoms with Gasteiger partial charge in [-0.1, -0.05) is 12.2 Å². The number of aliphatic hydroxyl groups is 1. The lowest BCUT2D eigenvalue weighted by Gasteiger charge is -2.08. The van der Waals surface area contributed by atoms with E-state index in [2.05, 4.69) is 16.3 Å². The van der Waals surface area contributed by atoms with Gasteiger partial charge in [0.05, 0.1) is 11.8 Å². The van der Waals surface area contributed by atoms with Crippen molar-refractivity contribution in [3.05, 3.63) is 29.1 Å². The van der Waals surface area contributed by atoms with Gasteiger partial charge in [-0.25, -0.2) is 0 Å². The summed E-state index contributed by atoms with van der Waals surface area (Å²) >= 11 is 0. The van der Waals surface area contributed by atoms with Crippen LogP contribution in [0, 0.1) is 13.8 Å². The van der Waals surface area contributed by atoms with Crippen molar-refractivity contribution < 1.29 is 5.11 Å². The molecule has 1 aromatic rings. The highest BCUT2D eigenvalue weighted by Crippen LogP contribution is 2.31. The highest BCUT2D eigenvalue weighted by Gasteiger charge is 2.22. The molecule has 1 aliphatic rings. The Kier molecular flexibility index (Phi) is 1.96. The third-order valence-electron chi connectivity index (χ3n) is 2.62. The highest BCUT2D eigenvalue weighted by atomic mass is 16.3. The van der Waals surface area contributed by atoms with E-state index in [1.54, 1.807) is 0 Å². The smallest absolute Gasteiger partial charge is 0.0730 e. The monoisotopic (exact) mass is 178 g/mol. The van der Waals surface area contributed by atoms with Crippen molar-refractivity contribution in [3.63, 3.8) is 0 Å². The summed E-state index contributed by atoms with van der Waals surface area (Å²) in [6.45, 7) is 4.02. The van der Waals surface area contributed by atoms with Crippen molar-refractivity contribution in [3.8, 4) is 0 Å². The quantitative estimate of drug-likeness (QED) is 0.639. The zero-order chi connectivity index (χ0) is 9.42. The van der Waals surface area contributed by atoms with Gasteiger partial charge < -0.3 is 5.11 Å². The van der Waals surface area contributed by atoms with E-state index in [9.17, 15) is 5.11 Å². The van der Waals surface area contributed by atoms with E-state index in [0.717, 1.165) is 17.8 Å². The van der Waals surface area contributed by atoms with Gasteiger partial charge in [-0.2, -0.15) is 5.10 Å². The summed E-state index contributed by atoms with van der Waals surface area (Å²) < 4.78 is 0. The molecular weight excluding hydrogens is 164 g/mol. The van der Waals surface area contributed by atoms with Gasteiger partial charge in [0.25, 0.3) is 0 Å². The number of nitrogens with one attached hydrogen (secondary N) is 1. The van der Waals surface area contributed by atoms with E-state index in [1.807, 2.05) is 19.9 Å². The fraction of sp³-hybridized carbons (Fsp3) is 0.500. The Morgan fingerprint density at radius 2 is 2.23 bits per heavy atom. The van der Waals surface area contributed by atoms with Gasteiger partial charge in [-0.15, -0.1) is 0 Å². The average molecular weight is 178 g/mol. The molecule has 1 heterocycles. The maximum atomic E-state index is 9.36. The lowest BCUT2D eigenvalue weighted by molar-refractivity contribution is 0.218. The fourth-order valence-corrected chi connectivity index (χ4v) is 2.00. The predicted molar refractivity (Wildman–Crippen MR) is 50.6 cm³/mol. The summed E-state index contributed by atoms with van der Waals surface area (Å²) in [7, 11) is 0. The van der Waals surface area contributed by atoms with E-state index in [4.69, 9.17) is 0 Å². The van der Waals surface area contributed by atoms with Gasteiger partial charge >= 0.3 is 0 Å². The number of aliphatic hydroxyl groups excluding tert-OH is 1. The van der Waals surface area contributed by atoms with E-state index in [1.165, 1.54) is 5.56 Å². The number of aryl methyl sites for hydroxylation is 2. The first-order chi connectivity index (χ1) is 6.18. The topological polar surface area (TPSA) is 48.9 Å². The van der Waals surface area contributed by atoms with E-state index in [0.29, 0.717) is 5.92 Å². The van der Waals surface area contributed by atoms with Gasteiger partial charge in [-0.05, 0) is 20.3 Å². The summed E-state index contributed by atoms with van der Waals surface area (Å²) in [5.41, 5.74) is 3.40. The second-order valence-corrected chi connectivity index (χ2v) is 3.64. The van der Waals surface area contributed by atoms with Crippen LogP contribution in [0.3, 0.4) is 0 Å². The SMILES string of the molecule is Cc1n[nH]c(C)c1[C@H]1C=C[C@@H](O)C1. The number of nitrogens with zero attached hydrogens (tertiary/aromatic N) is 1. The van der Waals surface area contributed by atoms with Crippen LogP contribution < -0.4 is 0 Å². The van der Waals surface area contributed by atoms with Crippen LogP contribution in [0.5, 0.6) is 0 Å². The Balaban J connectivity index is 2.31. The minimum Gasteiger partial charge on any atom is -0.389 e. The van der Waals surface area contributed by atoms with Crippen LogP contribution in [0.2, 0.25) is 0 Å². The summed E-state index contributed by atoms with van der Waals surface area (Å²) in [5, 5.41) is 16.5. The number of H-pyrrole nitrogens is 1. The molecule has 0 saturated carbocycles. The number of aromatic nitrogens is 2. The van der Waals surface area contributed by atoms with E-state index < -0.39 is 0 Å². The molecule has 70 valence electrons. The normalized spacial score (nSPS) is 27.0. The van der Waals surface area contributed by atoms with Gasteiger partial charge in [-0.3, -0.25) is 5.10 Å². The van der Waals surface area contributed by atoms with Crippen LogP contribution in [-0.4, -0.2) is 21.4 Å². The second-order valence-electron chi connectivity index (χ2n) is 3.64. The molecule has 0 spiro atoms. The molecule has 1 aliphatic carbocycles. The average Bonchev–Trinajstić information content (AvgIpc) is 2.60. The fourth-order valence-electron chi connectivity index (χ4n) is 2.00. The van der Waals surface area contributed by atoms with E-state index >= 15 is 0 Å². The Morgan fingerprint density at radius 1 is 1.46 bits per heavy atom. The molecule has 0 radical (unpaired) electrons. The molecule has 13 heavy (non-hydrogen) atoms. The third-order valence-corrected chi connectivity index (χ3v) is 2.62. The molecule has 2 rings (SSSR count). The number of aromatic amines is 1. The van der Waals surface area contributed by atoms with Crippen LogP contribution in [0.4, 0.5) is 0 Å². The maximum Gasteiger partial charge on any atom is 0.0730 e. The highest BCUT2D eigenvalue weighted by molar-refractivity contribution is 5.33. The van der Waals surface area contributed by atoms with Crippen molar-refractivity contribution >= 4 is 0 Å². The number of rotatable bonds is 1. The minimum atomic E-state index is -0.279. The number of hydrogen-bond acceptors (Lipinski definition) is 2. The third kappa shape index (κ3) is 1.40. The lowest BCUT2D eigenvalue weighted by Crippen LogP contribution is -2.02. The van der Waals surface area contributed by atoms with Crippen LogP contribution in [0.15, 0.2) is 12.2 Å². The molecule has 2 N–H and O–H groups in total. The molecule has 3 nitrogen and oxygen atoms in total. The van der Waals surface area contributed by atoms with Gasteiger partial charge in [0.2, 0.25) is 0 Å². The van der Waals surface area contributed by atoms with Crippen molar-refractivity contribution in [1.29, 1.82) is 0 Å². The Bertz CT molecular complexity index is 321. The van der Waals surface area contributed by atoms with Crippen molar-refractivity contribution in [2.75, 3.05) is 0 Å². The van der Waals surface area contributed by atoms with Crippen molar-refractivity contribution in [1.82, 2.24) is 10.2 Å². The molecule has 3 heteroatoms. The van der Waals surface area contributed by atoms with E-state index in [-0.39, 0.29) is 6.10 Å². The summed E-state index contributed by atoms with van der Waals surface area (Å²) in [6.07, 6.45) is 4.44. The summed E-state index contributed by atoms with van der Waals surface area (Å²) in [5.74, 6) is 0.341. The Morgan fingerprint density at radius 3 is 2.69 bits per heavy atom. The standard InChI is InChI=1S/C10H14N2O/c1-6-10(7(2)12-11-6)8-3-4-9(13)5-8/h3-4,8-9,13H,5H2,1-2H3,(H,11,12)/t8-,9+/m0/s1. The molecule has 0 bridgehead atoms. The van der Waals surface area contributed by atoms with Crippen LogP contribution in [0.1, 0.15) is 29.3 Å². The maximum absolute atomic E-state index is 9.36. The van der Waals surface area contributed by atoms with Gasteiger partial charge in [0.15, 0.2) is 0 Å². The first kappa shape index (κ1) is 8.51. The van der Waals surface area contributed by atoms with Gasteiger partial charge in [0, 0.05) is 17.2 Å². The first-order valence-corrected chi connectivity index (χ1v) is 4.56. The first-order valence-electron chi connectivity index (χ1n) is 4.56. The molecule has 0 aromatic carbocycles. The zero-order valence-electron chi connectivity index (χ0n) is 7.91. The minimum absolute atomic E-state index is 0.279. The Labute approximate surface area is 77.5 Å². The van der Waals surface area contributed by atoms with Gasteiger partial charge in [0.1, 0.15) is 0 Å². The zero-order valence-corrected chi connectivity index (χ0v) is 7.91. The Hall–Kier alpha value is -1.09. The summed E-state index contributed by atoms with van der Waals surface area (Å²) in [4.78, 5) is 0. The lowest BCUT2D eigenvalue weighted by atomic mass is 9.96. The number of allylic oxidation sites excluding steroid dienone is 1. The molecule has 0 saturated heterocycles. The molecule has 0 unspecified atom stereocenters. The van der Waals surface area contributed by atoms with Crippen molar-refractivity contribution in [2.45, 2.75) is 32.3 Å². The molecular formula is C10H14N2O. The van der Waals surface area contributed by atoms with Crippen molar-refractivity contribution in [2.24, 2.45) is 0 Å². The van der Waals surface area contributed by atoms with Crippen LogP contribution >= 0.6 is 0 Å². The van der Waals surface area contributed by atoms with Crippen LogP contribution in [0.25, 0.3) is 0 Å². The molecule has 2 atom stereocenters. The molecule has 1 aromatic heterocycles. The molecule has 0 fully saturated rings. The largest absolute Gasteiger partial charge is 0.389 e. The molecule has 0 amide bonds.